The van der Waals surface area contributed by atoms with Gasteiger partial charge in [0.1, 0.15) is 18.1 Å². The minimum absolute atomic E-state index is 0.362. The molecular formula is C17H29NO2. The van der Waals surface area contributed by atoms with Gasteiger partial charge in [0.15, 0.2) is 0 Å². The lowest BCUT2D eigenvalue weighted by Gasteiger charge is -2.18. The van der Waals surface area contributed by atoms with Gasteiger partial charge in [-0.15, -0.1) is 0 Å². The Kier molecular flexibility index (Phi) is 6.61. The van der Waals surface area contributed by atoms with Crippen molar-refractivity contribution in [3.05, 3.63) is 23.7 Å². The third-order valence-corrected chi connectivity index (χ3v) is 4.29. The Labute approximate surface area is 123 Å². The van der Waals surface area contributed by atoms with Gasteiger partial charge in [0, 0.05) is 7.11 Å². The van der Waals surface area contributed by atoms with Gasteiger partial charge >= 0.3 is 0 Å². The van der Waals surface area contributed by atoms with Crippen LogP contribution >= 0.6 is 0 Å². The maximum Gasteiger partial charge on any atom is 0.129 e. The third-order valence-electron chi connectivity index (χ3n) is 4.29. The Bertz CT molecular complexity index is 369. The Balaban J connectivity index is 1.90. The van der Waals surface area contributed by atoms with E-state index in [1.165, 1.54) is 38.5 Å². The standard InChI is InChI=1S/C17H29NO2/c1-3-12-18-16(10-8-14-6-4-5-7-14)17-11-9-15(20-17)13-19-2/h9,11,14,16,18H,3-8,10,12-13H2,1-2H3. The average Bonchev–Trinajstić information content (AvgIpc) is 3.11. The van der Waals surface area contributed by atoms with E-state index < -0.39 is 0 Å². The first kappa shape index (κ1) is 15.6. The van der Waals surface area contributed by atoms with Crippen LogP contribution in [0.25, 0.3) is 0 Å². The molecule has 1 fully saturated rings. The fraction of sp³-hybridized carbons (Fsp3) is 0.765. The highest BCUT2D eigenvalue weighted by Gasteiger charge is 2.20. The number of ether oxygens (including phenoxy) is 1. The van der Waals surface area contributed by atoms with Crippen LogP contribution in [-0.4, -0.2) is 13.7 Å². The lowest BCUT2D eigenvalue weighted by molar-refractivity contribution is 0.161. The van der Waals surface area contributed by atoms with Gasteiger partial charge in [-0.1, -0.05) is 32.6 Å². The van der Waals surface area contributed by atoms with Crippen molar-refractivity contribution in [2.75, 3.05) is 13.7 Å². The Morgan fingerprint density at radius 2 is 2.15 bits per heavy atom. The maximum absolute atomic E-state index is 5.91. The molecule has 0 amide bonds. The molecule has 1 aliphatic carbocycles. The number of furan rings is 1. The summed E-state index contributed by atoms with van der Waals surface area (Å²) in [5.74, 6) is 2.93. The van der Waals surface area contributed by atoms with Gasteiger partial charge in [-0.3, -0.25) is 0 Å². The molecule has 1 N–H and O–H groups in total. The molecule has 1 aliphatic rings. The summed E-state index contributed by atoms with van der Waals surface area (Å²) >= 11 is 0. The molecule has 20 heavy (non-hydrogen) atoms. The molecule has 0 bridgehead atoms. The summed E-state index contributed by atoms with van der Waals surface area (Å²) in [5.41, 5.74) is 0. The Morgan fingerprint density at radius 3 is 2.85 bits per heavy atom. The molecule has 3 nitrogen and oxygen atoms in total. The van der Waals surface area contributed by atoms with E-state index in [1.54, 1.807) is 7.11 Å². The summed E-state index contributed by atoms with van der Waals surface area (Å²) < 4.78 is 11.0. The lowest BCUT2D eigenvalue weighted by atomic mass is 9.97. The van der Waals surface area contributed by atoms with Gasteiger partial charge in [0.25, 0.3) is 0 Å². The van der Waals surface area contributed by atoms with E-state index in [-0.39, 0.29) is 0 Å². The normalized spacial score (nSPS) is 17.7. The van der Waals surface area contributed by atoms with E-state index in [0.717, 1.165) is 30.4 Å². The first-order chi connectivity index (χ1) is 9.83. The first-order valence-electron chi connectivity index (χ1n) is 8.14. The zero-order valence-corrected chi connectivity index (χ0v) is 13.0. The molecule has 0 radical (unpaired) electrons. The van der Waals surface area contributed by atoms with Gasteiger partial charge in [-0.05, 0) is 43.9 Å². The number of rotatable bonds is 9. The van der Waals surface area contributed by atoms with Gasteiger partial charge < -0.3 is 14.5 Å². The van der Waals surface area contributed by atoms with Crippen molar-refractivity contribution in [1.82, 2.24) is 5.32 Å². The van der Waals surface area contributed by atoms with Crippen LogP contribution in [0.2, 0.25) is 0 Å². The average molecular weight is 279 g/mol. The van der Waals surface area contributed by atoms with Crippen molar-refractivity contribution in [1.29, 1.82) is 0 Å². The predicted molar refractivity (Wildman–Crippen MR) is 81.6 cm³/mol. The molecule has 0 spiro atoms. The van der Waals surface area contributed by atoms with Crippen LogP contribution in [-0.2, 0) is 11.3 Å². The molecule has 1 heterocycles. The highest BCUT2D eigenvalue weighted by molar-refractivity contribution is 5.10. The van der Waals surface area contributed by atoms with Crippen LogP contribution in [0.3, 0.4) is 0 Å². The van der Waals surface area contributed by atoms with Crippen molar-refractivity contribution in [2.24, 2.45) is 5.92 Å². The van der Waals surface area contributed by atoms with Crippen LogP contribution in [0.15, 0.2) is 16.5 Å². The van der Waals surface area contributed by atoms with Gasteiger partial charge in [0.05, 0.1) is 6.04 Å². The Hall–Kier alpha value is -0.800. The van der Waals surface area contributed by atoms with Gasteiger partial charge in [-0.25, -0.2) is 0 Å². The highest BCUT2D eigenvalue weighted by Crippen LogP contribution is 2.32. The smallest absolute Gasteiger partial charge is 0.129 e. The number of hydrogen-bond acceptors (Lipinski definition) is 3. The van der Waals surface area contributed by atoms with Crippen molar-refractivity contribution >= 4 is 0 Å². The summed E-state index contributed by atoms with van der Waals surface area (Å²) in [6, 6.07) is 4.51. The zero-order valence-electron chi connectivity index (χ0n) is 13.0. The van der Waals surface area contributed by atoms with E-state index >= 15 is 0 Å². The summed E-state index contributed by atoms with van der Waals surface area (Å²) in [7, 11) is 1.70. The number of hydrogen-bond donors (Lipinski definition) is 1. The molecule has 1 aromatic heterocycles. The minimum Gasteiger partial charge on any atom is -0.462 e. The molecule has 1 saturated carbocycles. The second kappa shape index (κ2) is 8.48. The molecule has 2 rings (SSSR count). The van der Waals surface area contributed by atoms with Crippen LogP contribution in [0, 0.1) is 5.92 Å². The molecule has 1 unspecified atom stereocenters. The third kappa shape index (κ3) is 4.64. The molecule has 114 valence electrons. The van der Waals surface area contributed by atoms with E-state index in [0.29, 0.717) is 12.6 Å². The minimum atomic E-state index is 0.362. The van der Waals surface area contributed by atoms with E-state index in [1.807, 2.05) is 6.07 Å². The summed E-state index contributed by atoms with van der Waals surface area (Å²) in [6.07, 6.45) is 9.37. The number of nitrogens with one attached hydrogen (secondary N) is 1. The van der Waals surface area contributed by atoms with Crippen LogP contribution in [0.1, 0.15) is 69.4 Å². The molecule has 0 aliphatic heterocycles. The quantitative estimate of drug-likeness (QED) is 0.726. The van der Waals surface area contributed by atoms with Crippen molar-refractivity contribution < 1.29 is 9.15 Å². The van der Waals surface area contributed by atoms with Crippen LogP contribution < -0.4 is 5.32 Å². The molecular weight excluding hydrogens is 250 g/mol. The largest absolute Gasteiger partial charge is 0.462 e. The maximum atomic E-state index is 5.91. The summed E-state index contributed by atoms with van der Waals surface area (Å²) in [4.78, 5) is 0. The van der Waals surface area contributed by atoms with Gasteiger partial charge in [-0.2, -0.15) is 0 Å². The topological polar surface area (TPSA) is 34.4 Å². The van der Waals surface area contributed by atoms with Crippen molar-refractivity contribution in [3.63, 3.8) is 0 Å². The zero-order chi connectivity index (χ0) is 14.2. The molecule has 0 aromatic carbocycles. The fourth-order valence-corrected chi connectivity index (χ4v) is 3.17. The van der Waals surface area contributed by atoms with Crippen molar-refractivity contribution in [2.45, 2.75) is 64.5 Å². The van der Waals surface area contributed by atoms with Crippen LogP contribution in [0.4, 0.5) is 0 Å². The second-order valence-electron chi connectivity index (χ2n) is 5.97. The Morgan fingerprint density at radius 1 is 1.35 bits per heavy atom. The fourth-order valence-electron chi connectivity index (χ4n) is 3.17. The molecule has 1 aromatic rings. The monoisotopic (exact) mass is 279 g/mol. The van der Waals surface area contributed by atoms with Gasteiger partial charge in [0.2, 0.25) is 0 Å². The van der Waals surface area contributed by atoms with E-state index in [2.05, 4.69) is 18.3 Å². The highest BCUT2D eigenvalue weighted by atomic mass is 16.5. The number of methoxy groups -OCH3 is 1. The molecule has 3 heteroatoms. The lowest BCUT2D eigenvalue weighted by Crippen LogP contribution is -2.22. The second-order valence-corrected chi connectivity index (χ2v) is 5.97. The predicted octanol–water partition coefficient (Wildman–Crippen LogP) is 4.44. The summed E-state index contributed by atoms with van der Waals surface area (Å²) in [6.45, 7) is 3.82. The van der Waals surface area contributed by atoms with E-state index in [4.69, 9.17) is 9.15 Å². The van der Waals surface area contributed by atoms with E-state index in [9.17, 15) is 0 Å². The molecule has 0 saturated heterocycles. The first-order valence-corrected chi connectivity index (χ1v) is 8.14. The molecule has 1 atom stereocenters. The van der Waals surface area contributed by atoms with Crippen LogP contribution in [0.5, 0.6) is 0 Å². The van der Waals surface area contributed by atoms with Crippen molar-refractivity contribution in [3.8, 4) is 0 Å². The summed E-state index contributed by atoms with van der Waals surface area (Å²) in [5, 5.41) is 3.63. The SMILES string of the molecule is CCCNC(CCC1CCCC1)c1ccc(COC)o1.